The van der Waals surface area contributed by atoms with E-state index in [4.69, 9.17) is 4.74 Å². The fourth-order valence-corrected chi connectivity index (χ4v) is 5.39. The maximum absolute atomic E-state index is 14.2. The summed E-state index contributed by atoms with van der Waals surface area (Å²) in [6.45, 7) is 1.42. The molecule has 1 aromatic rings. The zero-order valence-electron chi connectivity index (χ0n) is 18.0. The number of hydrogen-bond acceptors (Lipinski definition) is 5. The normalized spacial score (nSPS) is 20.4. The molecule has 1 saturated heterocycles. The van der Waals surface area contributed by atoms with Crippen LogP contribution >= 0.6 is 11.9 Å². The SMILES string of the molecule is O=C1CN(CCCCCSNC2(c3ccc(F)c(OCC4CC4)c3)CCCC2)C(=O)N1. The summed E-state index contributed by atoms with van der Waals surface area (Å²) in [5.74, 6) is 1.45. The van der Waals surface area contributed by atoms with E-state index in [-0.39, 0.29) is 29.8 Å². The van der Waals surface area contributed by atoms with Gasteiger partial charge in [0.15, 0.2) is 11.6 Å². The lowest BCUT2D eigenvalue weighted by molar-refractivity contribution is -0.118. The van der Waals surface area contributed by atoms with Crippen LogP contribution in [0.15, 0.2) is 18.2 Å². The second-order valence-electron chi connectivity index (χ2n) is 8.97. The van der Waals surface area contributed by atoms with Gasteiger partial charge in [0.05, 0.1) is 12.1 Å². The minimum Gasteiger partial charge on any atom is -0.490 e. The molecule has 1 aromatic carbocycles. The highest BCUT2D eigenvalue weighted by Gasteiger charge is 2.36. The van der Waals surface area contributed by atoms with Crippen molar-refractivity contribution >= 4 is 23.9 Å². The van der Waals surface area contributed by atoms with Crippen molar-refractivity contribution in [1.82, 2.24) is 14.9 Å². The molecule has 1 aliphatic heterocycles. The largest absolute Gasteiger partial charge is 0.490 e. The summed E-state index contributed by atoms with van der Waals surface area (Å²) >= 11 is 1.73. The van der Waals surface area contributed by atoms with Crippen molar-refractivity contribution in [3.05, 3.63) is 29.6 Å². The number of rotatable bonds is 12. The third kappa shape index (κ3) is 5.92. The van der Waals surface area contributed by atoms with Gasteiger partial charge in [0, 0.05) is 12.3 Å². The van der Waals surface area contributed by atoms with Crippen LogP contribution in [0.25, 0.3) is 0 Å². The first kappa shape index (κ1) is 22.4. The molecule has 170 valence electrons. The smallest absolute Gasteiger partial charge is 0.324 e. The average Bonchev–Trinajstić information content (AvgIpc) is 3.36. The summed E-state index contributed by atoms with van der Waals surface area (Å²) in [5.41, 5.74) is 0.999. The number of carbonyl (C=O) groups excluding carboxylic acids is 2. The summed E-state index contributed by atoms with van der Waals surface area (Å²) in [7, 11) is 0. The summed E-state index contributed by atoms with van der Waals surface area (Å²) in [6.07, 6.45) is 9.74. The first-order valence-corrected chi connectivity index (χ1v) is 12.4. The van der Waals surface area contributed by atoms with Crippen molar-refractivity contribution < 1.29 is 18.7 Å². The van der Waals surface area contributed by atoms with Crippen molar-refractivity contribution in [2.75, 3.05) is 25.4 Å². The van der Waals surface area contributed by atoms with Gasteiger partial charge < -0.3 is 9.64 Å². The molecule has 2 aliphatic carbocycles. The lowest BCUT2D eigenvalue weighted by Gasteiger charge is -2.31. The second-order valence-corrected chi connectivity index (χ2v) is 9.88. The quantitative estimate of drug-likeness (QED) is 0.282. The van der Waals surface area contributed by atoms with Crippen LogP contribution in [-0.4, -0.2) is 42.3 Å². The predicted octanol–water partition coefficient (Wildman–Crippen LogP) is 4.34. The van der Waals surface area contributed by atoms with Crippen LogP contribution in [0.4, 0.5) is 9.18 Å². The Labute approximate surface area is 187 Å². The lowest BCUT2D eigenvalue weighted by Crippen LogP contribution is -2.35. The molecule has 2 saturated carbocycles. The number of nitrogens with zero attached hydrogens (tertiary/aromatic N) is 1. The molecule has 0 atom stereocenters. The molecule has 2 N–H and O–H groups in total. The molecule has 1 heterocycles. The number of carbonyl (C=O) groups is 2. The van der Waals surface area contributed by atoms with E-state index in [1.807, 2.05) is 12.1 Å². The number of halogens is 1. The molecule has 3 aliphatic rings. The second kappa shape index (κ2) is 10.2. The van der Waals surface area contributed by atoms with E-state index in [0.717, 1.165) is 43.4 Å². The number of nitrogens with one attached hydrogen (secondary N) is 2. The summed E-state index contributed by atoms with van der Waals surface area (Å²) in [5, 5.41) is 2.30. The Balaban J connectivity index is 1.22. The molecule has 31 heavy (non-hydrogen) atoms. The van der Waals surface area contributed by atoms with Crippen molar-refractivity contribution in [1.29, 1.82) is 0 Å². The Bertz CT molecular complexity index is 796. The van der Waals surface area contributed by atoms with Crippen LogP contribution in [0.3, 0.4) is 0 Å². The van der Waals surface area contributed by atoms with E-state index < -0.39 is 0 Å². The topological polar surface area (TPSA) is 70.7 Å². The van der Waals surface area contributed by atoms with Crippen molar-refractivity contribution in [3.63, 3.8) is 0 Å². The zero-order valence-corrected chi connectivity index (χ0v) is 18.8. The molecule has 0 aromatic heterocycles. The molecule has 3 fully saturated rings. The van der Waals surface area contributed by atoms with Crippen LogP contribution < -0.4 is 14.8 Å². The molecule has 0 spiro atoms. The van der Waals surface area contributed by atoms with Gasteiger partial charge in [-0.3, -0.25) is 14.8 Å². The van der Waals surface area contributed by atoms with Gasteiger partial charge in [0.2, 0.25) is 5.91 Å². The van der Waals surface area contributed by atoms with Crippen molar-refractivity contribution in [2.45, 2.75) is 63.3 Å². The van der Waals surface area contributed by atoms with Gasteiger partial charge in [-0.05, 0) is 62.1 Å². The number of hydrogen-bond donors (Lipinski definition) is 2. The summed E-state index contributed by atoms with van der Waals surface area (Å²) in [4.78, 5) is 24.3. The minimum absolute atomic E-state index is 0.121. The molecular formula is C23H32FN3O3S. The molecule has 0 radical (unpaired) electrons. The molecule has 8 heteroatoms. The van der Waals surface area contributed by atoms with Crippen molar-refractivity contribution in [3.8, 4) is 5.75 Å². The first-order valence-electron chi connectivity index (χ1n) is 11.5. The predicted molar refractivity (Wildman–Crippen MR) is 119 cm³/mol. The highest BCUT2D eigenvalue weighted by Crippen LogP contribution is 2.42. The minimum atomic E-state index is -0.279. The Morgan fingerprint density at radius 2 is 2.00 bits per heavy atom. The van der Waals surface area contributed by atoms with E-state index in [9.17, 15) is 14.0 Å². The average molecular weight is 450 g/mol. The van der Waals surface area contributed by atoms with Gasteiger partial charge in [-0.25, -0.2) is 9.18 Å². The van der Waals surface area contributed by atoms with Gasteiger partial charge >= 0.3 is 6.03 Å². The van der Waals surface area contributed by atoms with Gasteiger partial charge in [-0.1, -0.05) is 37.3 Å². The molecule has 6 nitrogen and oxygen atoms in total. The van der Waals surface area contributed by atoms with Gasteiger partial charge in [0.25, 0.3) is 0 Å². The standard InChI is InChI=1S/C23H32FN3O3S/c24-19-9-8-18(14-20(19)30-16-17-6-7-17)23(10-2-3-11-23)26-31-13-5-1-4-12-27-15-21(28)25-22(27)29/h8-9,14,17,26H,1-7,10-13,15-16H2,(H,25,28,29). The van der Waals surface area contributed by atoms with Crippen LogP contribution in [0, 0.1) is 11.7 Å². The lowest BCUT2D eigenvalue weighted by atomic mass is 9.89. The zero-order chi connectivity index (χ0) is 21.7. The molecule has 0 unspecified atom stereocenters. The van der Waals surface area contributed by atoms with Gasteiger partial charge in [-0.2, -0.15) is 0 Å². The van der Waals surface area contributed by atoms with Crippen LogP contribution in [0.2, 0.25) is 0 Å². The van der Waals surface area contributed by atoms with E-state index in [1.54, 1.807) is 22.9 Å². The Hall–Kier alpha value is -1.80. The van der Waals surface area contributed by atoms with Crippen LogP contribution in [0.1, 0.15) is 63.4 Å². The van der Waals surface area contributed by atoms with E-state index in [2.05, 4.69) is 10.0 Å². The maximum Gasteiger partial charge on any atom is 0.324 e. The number of imide groups is 1. The van der Waals surface area contributed by atoms with E-state index >= 15 is 0 Å². The molecular weight excluding hydrogens is 417 g/mol. The molecule has 0 bridgehead atoms. The van der Waals surface area contributed by atoms with Crippen LogP contribution in [0.5, 0.6) is 5.75 Å². The van der Waals surface area contributed by atoms with Crippen LogP contribution in [-0.2, 0) is 10.3 Å². The Morgan fingerprint density at radius 1 is 1.19 bits per heavy atom. The number of ether oxygens (including phenoxy) is 1. The number of benzene rings is 1. The Kier molecular flexibility index (Phi) is 7.38. The Morgan fingerprint density at radius 3 is 2.71 bits per heavy atom. The third-order valence-corrected chi connectivity index (χ3v) is 7.45. The van der Waals surface area contributed by atoms with Crippen molar-refractivity contribution in [2.24, 2.45) is 5.92 Å². The third-order valence-electron chi connectivity index (χ3n) is 6.42. The monoisotopic (exact) mass is 449 g/mol. The fourth-order valence-electron chi connectivity index (χ4n) is 4.34. The van der Waals surface area contributed by atoms with E-state index in [1.165, 1.54) is 25.7 Å². The van der Waals surface area contributed by atoms with E-state index in [0.29, 0.717) is 24.8 Å². The number of amides is 3. The molecule has 4 rings (SSSR count). The summed E-state index contributed by atoms with van der Waals surface area (Å²) in [6, 6.07) is 5.08. The number of urea groups is 1. The highest BCUT2D eigenvalue weighted by molar-refractivity contribution is 7.97. The fraction of sp³-hybridized carbons (Fsp3) is 0.652. The first-order chi connectivity index (χ1) is 15.1. The maximum atomic E-state index is 14.2. The molecule has 3 amide bonds. The highest BCUT2D eigenvalue weighted by atomic mass is 32.2. The number of unbranched alkanes of at least 4 members (excludes halogenated alkanes) is 2. The summed E-state index contributed by atoms with van der Waals surface area (Å²) < 4.78 is 23.7. The van der Waals surface area contributed by atoms with Gasteiger partial charge in [0.1, 0.15) is 6.54 Å². The van der Waals surface area contributed by atoms with Gasteiger partial charge in [-0.15, -0.1) is 0 Å².